The van der Waals surface area contributed by atoms with E-state index in [1.165, 1.54) is 0 Å². The summed E-state index contributed by atoms with van der Waals surface area (Å²) in [5.74, 6) is 0.919. The van der Waals surface area contributed by atoms with Crippen LogP contribution >= 0.6 is 0 Å². The number of nitrogens with one attached hydrogen (secondary N) is 1. The number of rotatable bonds is 4. The van der Waals surface area contributed by atoms with E-state index in [4.69, 9.17) is 14.5 Å². The van der Waals surface area contributed by atoms with Gasteiger partial charge in [-0.05, 0) is 74.1 Å². The highest BCUT2D eigenvalue weighted by Gasteiger charge is 2.37. The third-order valence-electron chi connectivity index (χ3n) is 6.27. The number of benzene rings is 2. The van der Waals surface area contributed by atoms with Crippen LogP contribution in [0.15, 0.2) is 35.3 Å². The first-order valence-corrected chi connectivity index (χ1v) is 10.6. The van der Waals surface area contributed by atoms with Crippen LogP contribution in [0.4, 0.5) is 11.4 Å². The molecule has 5 rings (SSSR count). The largest absolute Gasteiger partial charge is 0.454 e. The van der Waals surface area contributed by atoms with E-state index in [1.807, 2.05) is 44.2 Å². The maximum Gasteiger partial charge on any atom is 0.240 e. The Bertz CT molecular complexity index is 1110. The lowest BCUT2D eigenvalue weighted by Crippen LogP contribution is -2.43. The van der Waals surface area contributed by atoms with Crippen LogP contribution < -0.4 is 19.7 Å². The number of fused-ring (bicyclic) bond motifs is 3. The Balaban J connectivity index is 1.36. The molecule has 2 aliphatic heterocycles. The first-order valence-electron chi connectivity index (χ1n) is 10.6. The predicted octanol–water partition coefficient (Wildman–Crippen LogP) is 3.57. The fraction of sp³-hybridized carbons (Fsp3) is 0.375. The molecule has 0 bridgehead atoms. The van der Waals surface area contributed by atoms with Crippen molar-refractivity contribution in [2.45, 2.75) is 39.7 Å². The van der Waals surface area contributed by atoms with Gasteiger partial charge >= 0.3 is 0 Å². The van der Waals surface area contributed by atoms with E-state index in [0.717, 1.165) is 47.4 Å². The SMILES string of the molecule is Cc1cc2c(cc1C)N(CC(=O)NCc1ccc3c(c1)OCO3)C(=O)C1CCCC1=N2. The molecule has 0 saturated heterocycles. The molecule has 1 atom stereocenters. The number of aliphatic imine (C=N–C) groups is 1. The molecule has 2 aromatic carbocycles. The van der Waals surface area contributed by atoms with Crippen molar-refractivity contribution < 1.29 is 19.1 Å². The maximum atomic E-state index is 13.4. The van der Waals surface area contributed by atoms with Crippen molar-refractivity contribution in [3.05, 3.63) is 47.0 Å². The van der Waals surface area contributed by atoms with Gasteiger partial charge in [-0.15, -0.1) is 0 Å². The quantitative estimate of drug-likeness (QED) is 0.822. The minimum atomic E-state index is -0.227. The summed E-state index contributed by atoms with van der Waals surface area (Å²) in [6, 6.07) is 9.58. The Morgan fingerprint density at radius 2 is 1.97 bits per heavy atom. The molecule has 0 radical (unpaired) electrons. The number of carbonyl (C=O) groups is 2. The Morgan fingerprint density at radius 3 is 2.84 bits per heavy atom. The lowest BCUT2D eigenvalue weighted by molar-refractivity contribution is -0.124. The molecule has 0 spiro atoms. The average molecular weight is 419 g/mol. The van der Waals surface area contributed by atoms with E-state index in [9.17, 15) is 9.59 Å². The number of hydrogen-bond donors (Lipinski definition) is 1. The fourth-order valence-electron chi connectivity index (χ4n) is 4.40. The van der Waals surface area contributed by atoms with Crippen molar-refractivity contribution in [1.82, 2.24) is 5.32 Å². The minimum absolute atomic E-state index is 0.0296. The summed E-state index contributed by atoms with van der Waals surface area (Å²) in [6.45, 7) is 4.58. The summed E-state index contributed by atoms with van der Waals surface area (Å²) in [7, 11) is 0. The van der Waals surface area contributed by atoms with Crippen LogP contribution in [-0.4, -0.2) is 30.9 Å². The van der Waals surface area contributed by atoms with Gasteiger partial charge in [0.05, 0.1) is 17.3 Å². The third kappa shape index (κ3) is 3.65. The fourth-order valence-corrected chi connectivity index (χ4v) is 4.40. The monoisotopic (exact) mass is 419 g/mol. The van der Waals surface area contributed by atoms with Gasteiger partial charge in [-0.1, -0.05) is 6.07 Å². The second-order valence-corrected chi connectivity index (χ2v) is 8.36. The molecule has 3 aliphatic rings. The molecule has 1 saturated carbocycles. The molecule has 1 fully saturated rings. The lowest BCUT2D eigenvalue weighted by Gasteiger charge is -2.25. The van der Waals surface area contributed by atoms with E-state index < -0.39 is 0 Å². The molecule has 2 amide bonds. The van der Waals surface area contributed by atoms with Gasteiger partial charge < -0.3 is 19.7 Å². The van der Waals surface area contributed by atoms with Crippen LogP contribution in [0.5, 0.6) is 11.5 Å². The molecule has 2 aromatic rings. The summed E-state index contributed by atoms with van der Waals surface area (Å²) in [5, 5.41) is 2.93. The first-order chi connectivity index (χ1) is 15.0. The summed E-state index contributed by atoms with van der Waals surface area (Å²) >= 11 is 0. The number of carbonyl (C=O) groups excluding carboxylic acids is 2. The van der Waals surface area contributed by atoms with Crippen LogP contribution in [0, 0.1) is 19.8 Å². The first kappa shape index (κ1) is 19.6. The third-order valence-corrected chi connectivity index (χ3v) is 6.27. The van der Waals surface area contributed by atoms with Crippen molar-refractivity contribution >= 4 is 28.9 Å². The van der Waals surface area contributed by atoms with Crippen LogP contribution in [0.25, 0.3) is 0 Å². The zero-order valence-electron chi connectivity index (χ0n) is 17.7. The number of anilines is 1. The number of hydrogen-bond acceptors (Lipinski definition) is 5. The van der Waals surface area contributed by atoms with Crippen molar-refractivity contribution in [3.63, 3.8) is 0 Å². The zero-order valence-corrected chi connectivity index (χ0v) is 17.7. The Morgan fingerprint density at radius 1 is 1.16 bits per heavy atom. The summed E-state index contributed by atoms with van der Waals surface area (Å²) in [6.07, 6.45) is 2.59. The molecule has 1 unspecified atom stereocenters. The van der Waals surface area contributed by atoms with Gasteiger partial charge in [0.25, 0.3) is 0 Å². The standard InChI is InChI=1S/C24H25N3O4/c1-14-8-19-20(9-15(14)2)27(24(29)17-4-3-5-18(17)26-19)12-23(28)25-11-16-6-7-21-22(10-16)31-13-30-21/h6-10,17H,3-5,11-13H2,1-2H3,(H,25,28). The average Bonchev–Trinajstić information content (AvgIpc) is 3.39. The Labute approximate surface area is 181 Å². The Hall–Kier alpha value is -3.35. The highest BCUT2D eigenvalue weighted by Crippen LogP contribution is 2.39. The van der Waals surface area contributed by atoms with Crippen molar-refractivity contribution in [1.29, 1.82) is 0 Å². The van der Waals surface area contributed by atoms with Crippen LogP contribution in [-0.2, 0) is 16.1 Å². The van der Waals surface area contributed by atoms with Gasteiger partial charge in [0.15, 0.2) is 11.5 Å². The lowest BCUT2D eigenvalue weighted by atomic mass is 10.0. The molecular weight excluding hydrogens is 394 g/mol. The smallest absolute Gasteiger partial charge is 0.240 e. The molecule has 0 aromatic heterocycles. The zero-order chi connectivity index (χ0) is 21.5. The Kier molecular flexibility index (Phi) is 4.88. The molecular formula is C24H25N3O4. The van der Waals surface area contributed by atoms with Gasteiger partial charge in [-0.25, -0.2) is 0 Å². The highest BCUT2D eigenvalue weighted by atomic mass is 16.7. The van der Waals surface area contributed by atoms with E-state index in [2.05, 4.69) is 5.32 Å². The van der Waals surface area contributed by atoms with Gasteiger partial charge in [-0.3, -0.25) is 14.6 Å². The minimum Gasteiger partial charge on any atom is -0.454 e. The molecule has 31 heavy (non-hydrogen) atoms. The topological polar surface area (TPSA) is 80.2 Å². The van der Waals surface area contributed by atoms with Gasteiger partial charge in [-0.2, -0.15) is 0 Å². The molecule has 1 aliphatic carbocycles. The van der Waals surface area contributed by atoms with Crippen LogP contribution in [0.1, 0.15) is 36.0 Å². The van der Waals surface area contributed by atoms with Gasteiger partial charge in [0.1, 0.15) is 6.54 Å². The number of ether oxygens (including phenoxy) is 2. The van der Waals surface area contributed by atoms with E-state index in [0.29, 0.717) is 23.7 Å². The van der Waals surface area contributed by atoms with E-state index in [1.54, 1.807) is 4.90 Å². The predicted molar refractivity (Wildman–Crippen MR) is 117 cm³/mol. The van der Waals surface area contributed by atoms with Crippen LogP contribution in [0.3, 0.4) is 0 Å². The van der Waals surface area contributed by atoms with Gasteiger partial charge in [0, 0.05) is 12.3 Å². The maximum absolute atomic E-state index is 13.4. The molecule has 2 heterocycles. The molecule has 7 heteroatoms. The molecule has 1 N–H and O–H groups in total. The molecule has 160 valence electrons. The number of amides is 2. The van der Waals surface area contributed by atoms with Crippen molar-refractivity contribution in [3.8, 4) is 11.5 Å². The molecule has 7 nitrogen and oxygen atoms in total. The number of aryl methyl sites for hydroxylation is 2. The summed E-state index contributed by atoms with van der Waals surface area (Å²) in [5.41, 5.74) is 5.54. The highest BCUT2D eigenvalue weighted by molar-refractivity contribution is 6.16. The van der Waals surface area contributed by atoms with E-state index in [-0.39, 0.29) is 31.1 Å². The second-order valence-electron chi connectivity index (χ2n) is 8.36. The van der Waals surface area contributed by atoms with Crippen molar-refractivity contribution in [2.75, 3.05) is 18.2 Å². The second kappa shape index (κ2) is 7.72. The van der Waals surface area contributed by atoms with Gasteiger partial charge in [0.2, 0.25) is 18.6 Å². The van der Waals surface area contributed by atoms with Crippen molar-refractivity contribution in [2.24, 2.45) is 10.9 Å². The summed E-state index contributed by atoms with van der Waals surface area (Å²) in [4.78, 5) is 32.6. The summed E-state index contributed by atoms with van der Waals surface area (Å²) < 4.78 is 10.7. The number of nitrogens with zero attached hydrogens (tertiary/aromatic N) is 2. The van der Waals surface area contributed by atoms with E-state index >= 15 is 0 Å². The van der Waals surface area contributed by atoms with Crippen LogP contribution in [0.2, 0.25) is 0 Å². The normalized spacial score (nSPS) is 18.9.